The van der Waals surface area contributed by atoms with Crippen molar-refractivity contribution in [3.05, 3.63) is 11.9 Å². The number of thioether (sulfide) groups is 1. The SMILES string of the molecule is CSc1ncc(CNC(=O)CCC2NC(=O)NC2=O)n1C. The van der Waals surface area contributed by atoms with E-state index >= 15 is 0 Å². The fourth-order valence-corrected chi connectivity index (χ4v) is 2.54. The third-order valence-corrected chi connectivity index (χ3v) is 3.95. The first-order valence-electron chi connectivity index (χ1n) is 6.44. The van der Waals surface area contributed by atoms with E-state index < -0.39 is 12.1 Å². The van der Waals surface area contributed by atoms with E-state index in [1.807, 2.05) is 17.9 Å². The minimum absolute atomic E-state index is 0.171. The molecule has 21 heavy (non-hydrogen) atoms. The maximum absolute atomic E-state index is 11.8. The van der Waals surface area contributed by atoms with Crippen molar-refractivity contribution >= 4 is 29.6 Å². The number of nitrogens with zero attached hydrogens (tertiary/aromatic N) is 2. The monoisotopic (exact) mass is 311 g/mol. The lowest BCUT2D eigenvalue weighted by Crippen LogP contribution is -2.31. The van der Waals surface area contributed by atoms with E-state index in [0.29, 0.717) is 6.54 Å². The zero-order valence-electron chi connectivity index (χ0n) is 11.8. The van der Waals surface area contributed by atoms with Crippen LogP contribution < -0.4 is 16.0 Å². The number of rotatable bonds is 6. The summed E-state index contributed by atoms with van der Waals surface area (Å²) in [4.78, 5) is 38.2. The average Bonchev–Trinajstić information content (AvgIpc) is 2.96. The molecule has 1 fully saturated rings. The average molecular weight is 311 g/mol. The Morgan fingerprint density at radius 3 is 2.86 bits per heavy atom. The summed E-state index contributed by atoms with van der Waals surface area (Å²) >= 11 is 1.53. The lowest BCUT2D eigenvalue weighted by atomic mass is 10.1. The van der Waals surface area contributed by atoms with Crippen LogP contribution in [0.25, 0.3) is 0 Å². The number of nitrogens with one attached hydrogen (secondary N) is 3. The van der Waals surface area contributed by atoms with Crippen LogP contribution in [-0.2, 0) is 23.2 Å². The molecule has 114 valence electrons. The van der Waals surface area contributed by atoms with Gasteiger partial charge in [-0.15, -0.1) is 0 Å². The molecule has 9 heteroatoms. The Labute approximate surface area is 126 Å². The predicted octanol–water partition coefficient (Wildman–Crippen LogP) is -0.254. The first-order valence-corrected chi connectivity index (χ1v) is 7.66. The summed E-state index contributed by atoms with van der Waals surface area (Å²) in [6, 6.07) is -1.13. The van der Waals surface area contributed by atoms with Crippen molar-refractivity contribution < 1.29 is 14.4 Å². The molecule has 1 unspecified atom stereocenters. The fourth-order valence-electron chi connectivity index (χ4n) is 1.99. The second-order valence-electron chi connectivity index (χ2n) is 4.63. The number of hydrogen-bond donors (Lipinski definition) is 3. The highest BCUT2D eigenvalue weighted by molar-refractivity contribution is 7.98. The quantitative estimate of drug-likeness (QED) is 0.496. The number of urea groups is 1. The van der Waals surface area contributed by atoms with Crippen LogP contribution in [0.4, 0.5) is 4.79 Å². The van der Waals surface area contributed by atoms with E-state index in [1.54, 1.807) is 6.20 Å². The summed E-state index contributed by atoms with van der Waals surface area (Å²) < 4.78 is 1.91. The molecule has 8 nitrogen and oxygen atoms in total. The van der Waals surface area contributed by atoms with Gasteiger partial charge in [0, 0.05) is 13.5 Å². The molecule has 4 amide bonds. The van der Waals surface area contributed by atoms with Crippen LogP contribution in [0.3, 0.4) is 0 Å². The third kappa shape index (κ3) is 3.75. The van der Waals surface area contributed by atoms with Crippen LogP contribution in [-0.4, -0.2) is 39.7 Å². The van der Waals surface area contributed by atoms with Crippen LogP contribution in [0, 0.1) is 0 Å². The highest BCUT2D eigenvalue weighted by Crippen LogP contribution is 2.13. The van der Waals surface area contributed by atoms with Crippen LogP contribution >= 0.6 is 11.8 Å². The van der Waals surface area contributed by atoms with Gasteiger partial charge in [0.05, 0.1) is 18.4 Å². The summed E-state index contributed by atoms with van der Waals surface area (Å²) in [5.41, 5.74) is 0.902. The third-order valence-electron chi connectivity index (χ3n) is 3.21. The first-order chi connectivity index (χ1) is 10.0. The molecule has 1 aromatic heterocycles. The van der Waals surface area contributed by atoms with Gasteiger partial charge >= 0.3 is 6.03 Å². The Hall–Kier alpha value is -2.03. The normalized spacial score (nSPS) is 17.5. The van der Waals surface area contributed by atoms with Crippen molar-refractivity contribution in [2.75, 3.05) is 6.26 Å². The van der Waals surface area contributed by atoms with Crippen LogP contribution in [0.5, 0.6) is 0 Å². The van der Waals surface area contributed by atoms with Crippen LogP contribution in [0.1, 0.15) is 18.5 Å². The molecule has 0 aromatic carbocycles. The minimum atomic E-state index is -0.622. The van der Waals surface area contributed by atoms with Crippen molar-refractivity contribution in [2.45, 2.75) is 30.6 Å². The lowest BCUT2D eigenvalue weighted by Gasteiger charge is -2.08. The van der Waals surface area contributed by atoms with Gasteiger partial charge in [0.1, 0.15) is 6.04 Å². The van der Waals surface area contributed by atoms with Gasteiger partial charge < -0.3 is 15.2 Å². The molecular formula is C12H17N5O3S. The van der Waals surface area contributed by atoms with Gasteiger partial charge in [-0.05, 0) is 12.7 Å². The molecule has 0 bridgehead atoms. The van der Waals surface area contributed by atoms with Crippen LogP contribution in [0.15, 0.2) is 11.4 Å². The van der Waals surface area contributed by atoms with Crippen molar-refractivity contribution in [3.8, 4) is 0 Å². The molecule has 0 saturated carbocycles. The highest BCUT2D eigenvalue weighted by atomic mass is 32.2. The van der Waals surface area contributed by atoms with Crippen molar-refractivity contribution in [2.24, 2.45) is 7.05 Å². The molecule has 1 aromatic rings. The number of hydrogen-bond acceptors (Lipinski definition) is 5. The van der Waals surface area contributed by atoms with E-state index in [2.05, 4.69) is 20.9 Å². The topological polar surface area (TPSA) is 105 Å². The van der Waals surface area contributed by atoms with Gasteiger partial charge in [0.2, 0.25) is 5.91 Å². The number of carbonyl (C=O) groups is 3. The van der Waals surface area contributed by atoms with Crippen molar-refractivity contribution in [1.29, 1.82) is 0 Å². The summed E-state index contributed by atoms with van der Waals surface area (Å²) in [6.07, 6.45) is 4.11. The molecule has 1 atom stereocenters. The summed E-state index contributed by atoms with van der Waals surface area (Å²) in [5.74, 6) is -0.556. The second-order valence-corrected chi connectivity index (χ2v) is 5.40. The smallest absolute Gasteiger partial charge is 0.322 e. The number of aromatic nitrogens is 2. The fraction of sp³-hybridized carbons (Fsp3) is 0.500. The second kappa shape index (κ2) is 6.61. The molecule has 0 aliphatic carbocycles. The summed E-state index contributed by atoms with van der Waals surface area (Å²) in [7, 11) is 1.89. The standard InChI is InChI=1S/C12H17N5O3S/c1-17-7(6-14-12(17)21-2)5-13-9(18)4-3-8-10(19)16-11(20)15-8/h6,8H,3-5H2,1-2H3,(H,13,18)(H2,15,16,19,20). The Balaban J connectivity index is 1.76. The number of amides is 4. The van der Waals surface area contributed by atoms with E-state index in [0.717, 1.165) is 10.9 Å². The van der Waals surface area contributed by atoms with E-state index in [9.17, 15) is 14.4 Å². The molecule has 1 aliphatic rings. The van der Waals surface area contributed by atoms with Gasteiger partial charge in [0.25, 0.3) is 5.91 Å². The zero-order chi connectivity index (χ0) is 15.4. The molecule has 0 radical (unpaired) electrons. The van der Waals surface area contributed by atoms with Gasteiger partial charge in [-0.1, -0.05) is 11.8 Å². The van der Waals surface area contributed by atoms with Gasteiger partial charge in [-0.2, -0.15) is 0 Å². The van der Waals surface area contributed by atoms with Gasteiger partial charge in [-0.3, -0.25) is 14.9 Å². The predicted molar refractivity (Wildman–Crippen MR) is 76.5 cm³/mol. The number of imide groups is 1. The number of carbonyl (C=O) groups excluding carboxylic acids is 3. The van der Waals surface area contributed by atoms with Gasteiger partial charge in [-0.25, -0.2) is 9.78 Å². The molecule has 2 rings (SSSR count). The minimum Gasteiger partial charge on any atom is -0.350 e. The molecule has 0 spiro atoms. The first kappa shape index (κ1) is 15.4. The summed E-state index contributed by atoms with van der Waals surface area (Å²) in [5, 5.41) is 8.24. The Kier molecular flexibility index (Phi) is 4.84. The van der Waals surface area contributed by atoms with E-state index in [4.69, 9.17) is 0 Å². The Bertz CT molecular complexity index is 571. The molecule has 3 N–H and O–H groups in total. The Morgan fingerprint density at radius 1 is 1.52 bits per heavy atom. The Morgan fingerprint density at radius 2 is 2.29 bits per heavy atom. The van der Waals surface area contributed by atoms with E-state index in [1.165, 1.54) is 11.8 Å². The van der Waals surface area contributed by atoms with Gasteiger partial charge in [0.15, 0.2) is 5.16 Å². The maximum Gasteiger partial charge on any atom is 0.322 e. The molecule has 2 heterocycles. The highest BCUT2D eigenvalue weighted by Gasteiger charge is 2.29. The van der Waals surface area contributed by atoms with Crippen LogP contribution in [0.2, 0.25) is 0 Å². The maximum atomic E-state index is 11.8. The molecule has 1 aliphatic heterocycles. The van der Waals surface area contributed by atoms with E-state index in [-0.39, 0.29) is 24.7 Å². The lowest BCUT2D eigenvalue weighted by molar-refractivity contribution is -0.122. The van der Waals surface area contributed by atoms with Crippen molar-refractivity contribution in [3.63, 3.8) is 0 Å². The number of imidazole rings is 1. The van der Waals surface area contributed by atoms with Crippen molar-refractivity contribution in [1.82, 2.24) is 25.5 Å². The zero-order valence-corrected chi connectivity index (χ0v) is 12.6. The molecular weight excluding hydrogens is 294 g/mol. The summed E-state index contributed by atoms with van der Waals surface area (Å²) in [6.45, 7) is 0.381. The molecule has 1 saturated heterocycles. The largest absolute Gasteiger partial charge is 0.350 e.